The maximum absolute atomic E-state index is 14.9. The smallest absolute Gasteiger partial charge is 0.399 e. The van der Waals surface area contributed by atoms with E-state index in [1.54, 1.807) is 28.2 Å². The summed E-state index contributed by atoms with van der Waals surface area (Å²) < 4.78 is 55.2. The molecule has 0 unspecified atom stereocenters. The first kappa shape index (κ1) is 74.4. The van der Waals surface area contributed by atoms with E-state index in [1.807, 2.05) is 58.0 Å². The molecule has 4 aliphatic heterocycles. The third kappa shape index (κ3) is 17.0. The van der Waals surface area contributed by atoms with Crippen LogP contribution in [0.15, 0.2) is 66.7 Å². The van der Waals surface area contributed by atoms with Crippen LogP contribution in [0, 0.1) is 19.3 Å². The van der Waals surface area contributed by atoms with Crippen molar-refractivity contribution in [3.8, 4) is 16.2 Å². The van der Waals surface area contributed by atoms with Gasteiger partial charge in [-0.1, -0.05) is 79.5 Å². The number of hydrogen-bond donors (Lipinski definition) is 8. The molecule has 1 saturated carbocycles. The molecule has 6 aromatic rings. The highest BCUT2D eigenvalue weighted by Crippen LogP contribution is 2.59. The van der Waals surface area contributed by atoms with E-state index in [2.05, 4.69) is 36.6 Å². The van der Waals surface area contributed by atoms with E-state index in [9.17, 15) is 66.6 Å². The second-order valence-electron chi connectivity index (χ2n) is 27.6. The van der Waals surface area contributed by atoms with Gasteiger partial charge in [0.2, 0.25) is 41.4 Å². The number of β-amino-alcohol motifs (C(OH)–C–C–N with tert-alkyl or cyclic N) is 1. The zero-order valence-corrected chi connectivity index (χ0v) is 59.9. The van der Waals surface area contributed by atoms with Crippen molar-refractivity contribution in [2.45, 2.75) is 185 Å². The Kier molecular flexibility index (Phi) is 22.8. The number of carbonyl (C=O) groups is 8. The Morgan fingerprint density at radius 3 is 2.39 bits per heavy atom. The number of likely N-dealkylation sites (tertiary alicyclic amines) is 1. The van der Waals surface area contributed by atoms with E-state index < -0.39 is 102 Å². The summed E-state index contributed by atoms with van der Waals surface area (Å²) in [6, 6.07) is 10.6. The molecular formula is C69H84ClF2N12O14PS2. The minimum absolute atomic E-state index is 0.00808. The number of nitrogens with zero attached hydrogens (tertiary/aromatic N) is 7. The van der Waals surface area contributed by atoms with E-state index in [4.69, 9.17) is 26.8 Å². The van der Waals surface area contributed by atoms with Crippen molar-refractivity contribution < 1.29 is 76.1 Å². The number of aryl methyl sites for hydroxylation is 3. The molecule has 11 rings (SSSR count). The Morgan fingerprint density at radius 2 is 1.68 bits per heavy atom. The number of nitrogens with one attached hydrogen (secondary N) is 4. The molecule has 9 N–H and O–H groups in total. The number of benzene rings is 3. The van der Waals surface area contributed by atoms with Crippen LogP contribution in [0.1, 0.15) is 164 Å². The van der Waals surface area contributed by atoms with Gasteiger partial charge in [-0.05, 0) is 118 Å². The first-order valence-electron chi connectivity index (χ1n) is 33.9. The number of alkyl halides is 2. The highest BCUT2D eigenvalue weighted by atomic mass is 35.5. The molecule has 0 bridgehead atoms. The number of rotatable bonds is 26. The maximum atomic E-state index is 14.9. The SMILES string of the molecule is CC(=O)N1CC[C@H]2CC[C@@H](C(=O)N[C@@H](CCC(N)=O)COc3cccc(CCCCCNC(=O)C[C@H](NC(=O)[C@@H]4C[C@@H](O)CN4C(=O)[C@H]4n5nnc(C6CC6)c5COCC4(C)C)c4ccc(-c5sc(C)nc5C)cc4)c3Cl)N2C(=O)[C@@H](NC(=O)c2cc3cc(C(F)(F)P(=O)(O)O)ccc3s2)C1. The van der Waals surface area contributed by atoms with Crippen LogP contribution in [0.3, 0.4) is 0 Å². The number of ether oxygens (including phenoxy) is 2. The Bertz CT molecular complexity index is 4180. The normalized spacial score (nSPS) is 21.4. The predicted octanol–water partition coefficient (Wildman–Crippen LogP) is 7.37. The number of aliphatic hydroxyl groups is 1. The number of amides is 8. The lowest BCUT2D eigenvalue weighted by Crippen LogP contribution is -2.61. The Balaban J connectivity index is 0.694. The number of aliphatic hydroxyl groups excluding tert-OH is 1. The standard InChI is InChI=1S/C69H84ClF2N12O14PS2/c1-37-61(100-38(2)75-37)43-17-13-40(14-18-43)49(77-64(90)52-30-48(86)32-82(52)67(93)62-68(4,5)36-97-35-53-60(42-15-16-42)79-80-84(53)62)31-58(88)74-26-8-6-7-10-41-11-9-12-54(59(41)70)98-34-46(20-24-57(73)87)76-63(89)51-22-21-47-25-27-81(39(3)85)33-50(66(92)83(47)51)78-65(91)56-29-44-28-45(19-23-55(44)101-56)69(71,72)99(94,95)96/h9,11-14,17-19,23,28-29,42,46-52,62,86H,6-8,10,15-16,20-22,24-27,30-36H2,1-5H3,(H2,73,87)(H,74,88)(H,76,89)(H,77,90)(H,78,91)(H2,94,95,96)/t46-,47+,48+,49-,50-,51-,52-,62+/m0/s1. The van der Waals surface area contributed by atoms with Crippen LogP contribution in [-0.2, 0) is 61.6 Å². The van der Waals surface area contributed by atoms with Gasteiger partial charge in [0.25, 0.3) is 5.91 Å². The lowest BCUT2D eigenvalue weighted by molar-refractivity contribution is -0.145. The van der Waals surface area contributed by atoms with Gasteiger partial charge in [0.15, 0.2) is 0 Å². The Hall–Kier alpha value is -7.83. The van der Waals surface area contributed by atoms with Crippen LogP contribution in [-0.4, -0.2) is 173 Å². The quantitative estimate of drug-likeness (QED) is 0.0194. The number of unbranched alkanes of at least 4 members (excludes halogenated alkanes) is 2. The molecule has 0 radical (unpaired) electrons. The highest BCUT2D eigenvalue weighted by molar-refractivity contribution is 7.52. The van der Waals surface area contributed by atoms with Gasteiger partial charge in [0.1, 0.15) is 36.5 Å². The first-order chi connectivity index (χ1) is 48.0. The summed E-state index contributed by atoms with van der Waals surface area (Å²) in [6.45, 7) is 9.58. The van der Waals surface area contributed by atoms with Crippen molar-refractivity contribution >= 4 is 99.2 Å². The number of nitrogens with two attached hydrogens (primary N) is 1. The van der Waals surface area contributed by atoms with E-state index in [1.165, 1.54) is 33.8 Å². The summed E-state index contributed by atoms with van der Waals surface area (Å²) in [4.78, 5) is 140. The minimum atomic E-state index is -5.89. The molecule has 8 atom stereocenters. The summed E-state index contributed by atoms with van der Waals surface area (Å²) in [6.07, 6.45) is 4.19. The van der Waals surface area contributed by atoms with Crippen molar-refractivity contribution in [1.82, 2.24) is 55.9 Å². The van der Waals surface area contributed by atoms with Crippen molar-refractivity contribution in [2.75, 3.05) is 39.4 Å². The Morgan fingerprint density at radius 1 is 0.931 bits per heavy atom. The van der Waals surface area contributed by atoms with Crippen LogP contribution >= 0.6 is 41.9 Å². The molecule has 32 heteroatoms. The van der Waals surface area contributed by atoms with E-state index in [0.29, 0.717) is 66.1 Å². The van der Waals surface area contributed by atoms with Crippen LogP contribution in [0.2, 0.25) is 5.02 Å². The largest absolute Gasteiger partial charge is 0.490 e. The monoisotopic (exact) mass is 1470 g/mol. The Labute approximate surface area is 594 Å². The number of thiophene rings is 1. The van der Waals surface area contributed by atoms with Gasteiger partial charge in [-0.15, -0.1) is 27.8 Å². The lowest BCUT2D eigenvalue weighted by atomic mass is 9.84. The summed E-state index contributed by atoms with van der Waals surface area (Å²) in [7, 11) is -5.89. The van der Waals surface area contributed by atoms with Crippen molar-refractivity contribution in [3.63, 3.8) is 0 Å². The zero-order chi connectivity index (χ0) is 72.4. The number of hydrogen-bond acceptors (Lipinski definition) is 17. The fraction of sp³-hybridized carbons (Fsp3) is 0.522. The molecule has 8 amide bonds. The molecule has 101 heavy (non-hydrogen) atoms. The fourth-order valence-electron chi connectivity index (χ4n) is 14.0. The molecule has 7 heterocycles. The minimum Gasteiger partial charge on any atom is -0.490 e. The molecule has 26 nitrogen and oxygen atoms in total. The van der Waals surface area contributed by atoms with Gasteiger partial charge < -0.3 is 66.1 Å². The second-order valence-corrected chi connectivity index (χ2v) is 31.9. The molecule has 542 valence electrons. The molecule has 0 spiro atoms. The molecule has 3 aromatic carbocycles. The topological polar surface area (TPSA) is 360 Å². The van der Waals surface area contributed by atoms with Crippen LogP contribution in [0.25, 0.3) is 20.5 Å². The van der Waals surface area contributed by atoms with E-state index in [-0.39, 0.29) is 105 Å². The van der Waals surface area contributed by atoms with Crippen LogP contribution in [0.4, 0.5) is 8.78 Å². The summed E-state index contributed by atoms with van der Waals surface area (Å²) in [5.74, 6) is -3.64. The molecule has 5 aliphatic rings. The number of fused-ring (bicyclic) bond motifs is 3. The van der Waals surface area contributed by atoms with Gasteiger partial charge in [-0.3, -0.25) is 42.9 Å². The fourth-order valence-corrected chi connectivity index (χ4v) is 16.6. The summed E-state index contributed by atoms with van der Waals surface area (Å²) in [5, 5.41) is 33.2. The van der Waals surface area contributed by atoms with Crippen LogP contribution in [0.5, 0.6) is 5.75 Å². The summed E-state index contributed by atoms with van der Waals surface area (Å²) >= 11 is 9.43. The highest BCUT2D eigenvalue weighted by Gasteiger charge is 2.52. The third-order valence-electron chi connectivity index (χ3n) is 19.5. The molecule has 3 saturated heterocycles. The second kappa shape index (κ2) is 31.0. The van der Waals surface area contributed by atoms with E-state index in [0.717, 1.165) is 74.4 Å². The third-order valence-corrected chi connectivity index (χ3v) is 23.1. The van der Waals surface area contributed by atoms with Crippen molar-refractivity contribution in [1.29, 1.82) is 0 Å². The average molecular weight is 1470 g/mol. The number of halogens is 3. The number of primary amides is 1. The number of aromatic nitrogens is 4. The van der Waals surface area contributed by atoms with Gasteiger partial charge in [-0.2, -0.15) is 8.78 Å². The lowest BCUT2D eigenvalue weighted by Gasteiger charge is -2.38. The number of carbonyl (C=O) groups excluding carboxylic acids is 8. The first-order valence-corrected chi connectivity index (χ1v) is 37.5. The molecule has 3 aromatic heterocycles. The van der Waals surface area contributed by atoms with E-state index >= 15 is 0 Å². The molecule has 4 fully saturated rings. The van der Waals surface area contributed by atoms with Gasteiger partial charge >= 0.3 is 13.3 Å². The van der Waals surface area contributed by atoms with Crippen LogP contribution < -0.4 is 31.7 Å². The van der Waals surface area contributed by atoms with Gasteiger partial charge in [-0.25, -0.2) is 9.67 Å². The van der Waals surface area contributed by atoms with Crippen molar-refractivity contribution in [2.24, 2.45) is 11.1 Å². The van der Waals surface area contributed by atoms with Gasteiger partial charge in [0, 0.05) is 73.6 Å². The van der Waals surface area contributed by atoms with Gasteiger partial charge in [0.05, 0.1) is 74.7 Å². The molecule has 1 aliphatic carbocycles. The molecular weight excluding hydrogens is 1390 g/mol. The zero-order valence-electron chi connectivity index (χ0n) is 56.6. The predicted molar refractivity (Wildman–Crippen MR) is 371 cm³/mol. The number of thiazole rings is 1. The average Bonchev–Trinajstić information content (AvgIpc) is 1.64. The summed E-state index contributed by atoms with van der Waals surface area (Å²) in [5.41, 5.74) is 4.20. The van der Waals surface area contributed by atoms with Crippen molar-refractivity contribution in [3.05, 3.63) is 115 Å². The maximum Gasteiger partial charge on any atom is 0.399 e.